The number of fused-ring (bicyclic) bond motifs is 2. The Morgan fingerprint density at radius 2 is 1.41 bits per heavy atom. The van der Waals surface area contributed by atoms with Crippen LogP contribution in [0.3, 0.4) is 0 Å². The zero-order valence-electron chi connectivity index (χ0n) is 19.2. The second-order valence-corrected chi connectivity index (χ2v) is 9.55. The number of carbonyl (C=O) groups is 2. The van der Waals surface area contributed by atoms with E-state index in [2.05, 4.69) is 29.2 Å². The lowest BCUT2D eigenvalue weighted by Crippen LogP contribution is -2.47. The monoisotopic (exact) mass is 454 g/mol. The number of piperidine rings is 1. The first-order valence-corrected chi connectivity index (χ1v) is 12.1. The molecule has 1 heterocycles. The first kappa shape index (κ1) is 22.4. The molecule has 3 aromatic carbocycles. The third kappa shape index (κ3) is 4.62. The van der Waals surface area contributed by atoms with Crippen LogP contribution in [0.25, 0.3) is 0 Å². The van der Waals surface area contributed by atoms with Crippen molar-refractivity contribution in [1.29, 1.82) is 0 Å². The lowest BCUT2D eigenvalue weighted by molar-refractivity contribution is 0.103. The van der Waals surface area contributed by atoms with E-state index in [1.54, 1.807) is 30.3 Å². The van der Waals surface area contributed by atoms with Gasteiger partial charge in [0, 0.05) is 37.3 Å². The molecule has 5 nitrogen and oxygen atoms in total. The average Bonchev–Trinajstić information content (AvgIpc) is 3.10. The third-order valence-corrected chi connectivity index (χ3v) is 7.45. The van der Waals surface area contributed by atoms with E-state index < -0.39 is 6.09 Å². The van der Waals surface area contributed by atoms with Crippen LogP contribution >= 0.6 is 0 Å². The fourth-order valence-corrected chi connectivity index (χ4v) is 5.84. The molecule has 2 bridgehead atoms. The van der Waals surface area contributed by atoms with Crippen LogP contribution in [-0.2, 0) is 6.54 Å². The van der Waals surface area contributed by atoms with Crippen molar-refractivity contribution in [3.63, 3.8) is 0 Å². The van der Waals surface area contributed by atoms with Gasteiger partial charge in [-0.05, 0) is 48.3 Å². The summed E-state index contributed by atoms with van der Waals surface area (Å²) in [5.74, 6) is 1.11. The van der Waals surface area contributed by atoms with Gasteiger partial charge >= 0.3 is 6.09 Å². The third-order valence-electron chi connectivity index (χ3n) is 7.45. The number of carboxylic acid groups (broad SMARTS) is 1. The summed E-state index contributed by atoms with van der Waals surface area (Å²) in [6, 6.07) is 26.7. The Morgan fingerprint density at radius 1 is 0.824 bits per heavy atom. The molecule has 2 atom stereocenters. The first-order valence-electron chi connectivity index (χ1n) is 12.1. The second-order valence-electron chi connectivity index (χ2n) is 9.55. The van der Waals surface area contributed by atoms with Crippen LogP contribution in [0.2, 0.25) is 0 Å². The Bertz CT molecular complexity index is 1130. The number of hydrogen-bond donors (Lipinski definition) is 1. The molecule has 174 valence electrons. The Morgan fingerprint density at radius 3 is 2.06 bits per heavy atom. The molecule has 5 heteroatoms. The number of carbonyl (C=O) groups excluding carboxylic acids is 1. The minimum Gasteiger partial charge on any atom is -0.465 e. The van der Waals surface area contributed by atoms with Crippen LogP contribution in [0.1, 0.15) is 34.3 Å². The molecule has 1 aliphatic heterocycles. The van der Waals surface area contributed by atoms with Gasteiger partial charge in [-0.15, -0.1) is 0 Å². The van der Waals surface area contributed by atoms with Gasteiger partial charge in [-0.1, -0.05) is 72.8 Å². The van der Waals surface area contributed by atoms with Crippen molar-refractivity contribution in [2.75, 3.05) is 24.5 Å². The number of nitrogens with zero attached hydrogens (tertiary/aromatic N) is 2. The van der Waals surface area contributed by atoms with Gasteiger partial charge in [0.2, 0.25) is 0 Å². The zero-order valence-corrected chi connectivity index (χ0v) is 19.2. The SMILES string of the molecule is O=C(c1ccccc1)c1ccccc1N(CC1C2CCC1CN(Cc1ccccc1)C2)C(=O)O. The van der Waals surface area contributed by atoms with Gasteiger partial charge in [0.25, 0.3) is 0 Å². The van der Waals surface area contributed by atoms with E-state index in [-0.39, 0.29) is 5.78 Å². The topological polar surface area (TPSA) is 60.9 Å². The number of para-hydroxylation sites is 1. The molecule has 1 saturated heterocycles. The van der Waals surface area contributed by atoms with Crippen molar-refractivity contribution in [2.45, 2.75) is 19.4 Å². The molecule has 1 aliphatic carbocycles. The Labute approximate surface area is 200 Å². The average molecular weight is 455 g/mol. The number of hydrogen-bond acceptors (Lipinski definition) is 3. The lowest BCUT2D eigenvalue weighted by atomic mass is 9.84. The standard InChI is InChI=1S/C29H30N2O3/c32-28(22-11-5-2-6-12-22)25-13-7-8-14-27(25)31(29(33)34)20-26-23-15-16-24(26)19-30(18-23)17-21-9-3-1-4-10-21/h1-14,23-24,26H,15-20H2,(H,33,34). The molecule has 0 spiro atoms. The lowest BCUT2D eigenvalue weighted by Gasteiger charge is -2.40. The van der Waals surface area contributed by atoms with Crippen molar-refractivity contribution in [3.8, 4) is 0 Å². The molecule has 34 heavy (non-hydrogen) atoms. The van der Waals surface area contributed by atoms with Crippen LogP contribution in [0.5, 0.6) is 0 Å². The summed E-state index contributed by atoms with van der Waals surface area (Å²) in [4.78, 5) is 29.6. The predicted molar refractivity (Wildman–Crippen MR) is 133 cm³/mol. The predicted octanol–water partition coefficient (Wildman–Crippen LogP) is 5.56. The van der Waals surface area contributed by atoms with E-state index >= 15 is 0 Å². The number of rotatable bonds is 7. The van der Waals surface area contributed by atoms with Gasteiger partial charge in [0.15, 0.2) is 5.78 Å². The maximum absolute atomic E-state index is 13.2. The quantitative estimate of drug-likeness (QED) is 0.475. The molecule has 0 aromatic heterocycles. The van der Waals surface area contributed by atoms with Crippen molar-refractivity contribution in [2.24, 2.45) is 17.8 Å². The highest BCUT2D eigenvalue weighted by Crippen LogP contribution is 2.43. The van der Waals surface area contributed by atoms with Gasteiger partial charge in [0.1, 0.15) is 0 Å². The van der Waals surface area contributed by atoms with Crippen LogP contribution in [-0.4, -0.2) is 41.5 Å². The molecule has 0 radical (unpaired) electrons. The number of ketones is 1. The Hall–Kier alpha value is -3.44. The minimum atomic E-state index is -1.00. The number of anilines is 1. The Kier molecular flexibility index (Phi) is 6.45. The van der Waals surface area contributed by atoms with Gasteiger partial charge < -0.3 is 5.11 Å². The first-order chi connectivity index (χ1) is 16.6. The molecule has 1 amide bonds. The summed E-state index contributed by atoms with van der Waals surface area (Å²) in [6.45, 7) is 3.36. The van der Waals surface area contributed by atoms with Gasteiger partial charge in [-0.2, -0.15) is 0 Å². The Balaban J connectivity index is 1.35. The second kappa shape index (κ2) is 9.82. The molecule has 2 aliphatic rings. The summed E-state index contributed by atoms with van der Waals surface area (Å²) >= 11 is 0. The van der Waals surface area contributed by atoms with Crippen molar-refractivity contribution in [1.82, 2.24) is 4.90 Å². The van der Waals surface area contributed by atoms with E-state index in [1.165, 1.54) is 10.5 Å². The van der Waals surface area contributed by atoms with Crippen LogP contribution in [0.4, 0.5) is 10.5 Å². The van der Waals surface area contributed by atoms with Crippen molar-refractivity contribution < 1.29 is 14.7 Å². The highest BCUT2D eigenvalue weighted by atomic mass is 16.4. The van der Waals surface area contributed by atoms with Gasteiger partial charge in [-0.25, -0.2) is 4.79 Å². The van der Waals surface area contributed by atoms with Gasteiger partial charge in [-0.3, -0.25) is 14.6 Å². The van der Waals surface area contributed by atoms with E-state index in [1.807, 2.05) is 30.3 Å². The summed E-state index contributed by atoms with van der Waals surface area (Å²) in [7, 11) is 0. The van der Waals surface area contributed by atoms with Crippen LogP contribution in [0.15, 0.2) is 84.9 Å². The van der Waals surface area contributed by atoms with Crippen molar-refractivity contribution in [3.05, 3.63) is 102 Å². The molecule has 2 fully saturated rings. The highest BCUT2D eigenvalue weighted by molar-refractivity contribution is 6.13. The number of likely N-dealkylation sites (tertiary alicyclic amines) is 1. The molecule has 1 saturated carbocycles. The molecular formula is C29H30N2O3. The van der Waals surface area contributed by atoms with E-state index in [4.69, 9.17) is 0 Å². The van der Waals surface area contributed by atoms with E-state index in [0.717, 1.165) is 32.5 Å². The van der Waals surface area contributed by atoms with E-state index in [0.29, 0.717) is 41.1 Å². The smallest absolute Gasteiger partial charge is 0.411 e. The fourth-order valence-electron chi connectivity index (χ4n) is 5.84. The number of amides is 1. The molecule has 3 aromatic rings. The minimum absolute atomic E-state index is 0.150. The molecule has 2 unspecified atom stereocenters. The maximum Gasteiger partial charge on any atom is 0.411 e. The summed E-state index contributed by atoms with van der Waals surface area (Å²) < 4.78 is 0. The summed E-state index contributed by atoms with van der Waals surface area (Å²) in [5, 5.41) is 10.2. The molecular weight excluding hydrogens is 424 g/mol. The highest BCUT2D eigenvalue weighted by Gasteiger charge is 2.43. The summed E-state index contributed by atoms with van der Waals surface area (Å²) in [6.07, 6.45) is 1.27. The zero-order chi connectivity index (χ0) is 23.5. The fraction of sp³-hybridized carbons (Fsp3) is 0.310. The van der Waals surface area contributed by atoms with E-state index in [9.17, 15) is 14.7 Å². The largest absolute Gasteiger partial charge is 0.465 e. The molecule has 1 N–H and O–H groups in total. The number of benzene rings is 3. The molecule has 5 rings (SSSR count). The maximum atomic E-state index is 13.2. The van der Waals surface area contributed by atoms with Crippen LogP contribution < -0.4 is 4.90 Å². The van der Waals surface area contributed by atoms with Gasteiger partial charge in [0.05, 0.1) is 5.69 Å². The normalized spacial score (nSPS) is 21.8. The van der Waals surface area contributed by atoms with Crippen molar-refractivity contribution >= 4 is 17.6 Å². The summed E-state index contributed by atoms with van der Waals surface area (Å²) in [5.41, 5.74) is 2.80. The van der Waals surface area contributed by atoms with Crippen LogP contribution in [0, 0.1) is 17.8 Å².